The van der Waals surface area contributed by atoms with Gasteiger partial charge in [-0.15, -0.1) is 0 Å². The Hall–Kier alpha value is -2.53. The lowest BCUT2D eigenvalue weighted by atomic mass is 10.2. The van der Waals surface area contributed by atoms with Crippen LogP contribution in [0, 0.1) is 0 Å². The molecule has 0 unspecified atom stereocenters. The van der Waals surface area contributed by atoms with Crippen LogP contribution in [-0.2, 0) is 16.1 Å². The van der Waals surface area contributed by atoms with Crippen molar-refractivity contribution in [1.29, 1.82) is 0 Å². The Balaban J connectivity index is 1.37. The van der Waals surface area contributed by atoms with Gasteiger partial charge in [0.2, 0.25) is 0 Å². The maximum Gasteiger partial charge on any atom is 0.258 e. The molecule has 3 rings (SSSR count). The molecule has 1 amide bonds. The van der Waals surface area contributed by atoms with Crippen LogP contribution in [0.3, 0.4) is 0 Å². The molecule has 1 aliphatic heterocycles. The summed E-state index contributed by atoms with van der Waals surface area (Å²) in [5, 5.41) is 2.83. The van der Waals surface area contributed by atoms with E-state index in [1.54, 1.807) is 12.1 Å². The topological polar surface area (TPSA) is 56.8 Å². The first kappa shape index (κ1) is 17.3. The number of amides is 1. The number of carbonyl (C=O) groups is 1. The van der Waals surface area contributed by atoms with Gasteiger partial charge < -0.3 is 19.5 Å². The Morgan fingerprint density at radius 2 is 1.76 bits per heavy atom. The molecule has 0 radical (unpaired) electrons. The van der Waals surface area contributed by atoms with Gasteiger partial charge in [0.05, 0.1) is 6.10 Å². The number of hydrogen-bond acceptors (Lipinski definition) is 4. The zero-order valence-electron chi connectivity index (χ0n) is 14.1. The molecule has 1 saturated heterocycles. The van der Waals surface area contributed by atoms with Crippen molar-refractivity contribution >= 4 is 5.91 Å². The summed E-state index contributed by atoms with van der Waals surface area (Å²) in [6.07, 6.45) is 2.21. The smallest absolute Gasteiger partial charge is 0.258 e. The molecule has 1 N–H and O–H groups in total. The standard InChI is InChI=1S/C20H23NO4/c22-20(21-13-19-7-4-12-23-19)15-25-18-10-8-17(9-11-18)24-14-16-5-2-1-3-6-16/h1-3,5-6,8-11,19H,4,7,12-15H2,(H,21,22)/t19-/m0/s1. The first-order valence-corrected chi connectivity index (χ1v) is 8.57. The van der Waals surface area contributed by atoms with Crippen LogP contribution < -0.4 is 14.8 Å². The number of benzene rings is 2. The van der Waals surface area contributed by atoms with Crippen molar-refractivity contribution in [2.24, 2.45) is 0 Å². The fourth-order valence-electron chi connectivity index (χ4n) is 2.61. The number of rotatable bonds is 8. The van der Waals surface area contributed by atoms with Crippen molar-refractivity contribution in [3.05, 3.63) is 60.2 Å². The molecule has 25 heavy (non-hydrogen) atoms. The molecule has 2 aromatic carbocycles. The van der Waals surface area contributed by atoms with E-state index in [0.29, 0.717) is 18.9 Å². The van der Waals surface area contributed by atoms with E-state index >= 15 is 0 Å². The number of hydrogen-bond donors (Lipinski definition) is 1. The SMILES string of the molecule is O=C(COc1ccc(OCc2ccccc2)cc1)NC[C@@H]1CCCO1. The van der Waals surface area contributed by atoms with Crippen molar-refractivity contribution in [2.75, 3.05) is 19.8 Å². The van der Waals surface area contributed by atoms with Crippen LogP contribution in [0.25, 0.3) is 0 Å². The van der Waals surface area contributed by atoms with Crippen LogP contribution in [0.1, 0.15) is 18.4 Å². The van der Waals surface area contributed by atoms with Crippen LogP contribution >= 0.6 is 0 Å². The highest BCUT2D eigenvalue weighted by molar-refractivity contribution is 5.77. The molecule has 5 heteroatoms. The van der Waals surface area contributed by atoms with Crippen LogP contribution in [0.5, 0.6) is 11.5 Å². The molecular formula is C20H23NO4. The van der Waals surface area contributed by atoms with Gasteiger partial charge in [-0.3, -0.25) is 4.79 Å². The number of carbonyl (C=O) groups excluding carboxylic acids is 1. The molecule has 132 valence electrons. The van der Waals surface area contributed by atoms with Gasteiger partial charge in [-0.25, -0.2) is 0 Å². The van der Waals surface area contributed by atoms with Crippen LogP contribution in [0.15, 0.2) is 54.6 Å². The van der Waals surface area contributed by atoms with Crippen molar-refractivity contribution in [1.82, 2.24) is 5.32 Å². The minimum atomic E-state index is -0.139. The second kappa shape index (κ2) is 9.08. The zero-order valence-corrected chi connectivity index (χ0v) is 14.1. The average Bonchev–Trinajstić information content (AvgIpc) is 3.18. The molecule has 5 nitrogen and oxygen atoms in total. The summed E-state index contributed by atoms with van der Waals surface area (Å²) in [5.74, 6) is 1.26. The molecule has 1 heterocycles. The molecule has 1 aliphatic rings. The van der Waals surface area contributed by atoms with Crippen LogP contribution in [-0.4, -0.2) is 31.8 Å². The van der Waals surface area contributed by atoms with Gasteiger partial charge in [-0.1, -0.05) is 30.3 Å². The van der Waals surface area contributed by atoms with Gasteiger partial charge in [0, 0.05) is 13.2 Å². The van der Waals surface area contributed by atoms with E-state index in [1.165, 1.54) is 0 Å². The molecule has 1 fully saturated rings. The normalized spacial score (nSPS) is 16.4. The highest BCUT2D eigenvalue weighted by Gasteiger charge is 2.16. The Morgan fingerprint density at radius 1 is 1.04 bits per heavy atom. The van der Waals surface area contributed by atoms with E-state index < -0.39 is 0 Å². The Kier molecular flexibility index (Phi) is 6.29. The summed E-state index contributed by atoms with van der Waals surface area (Å²) in [6.45, 7) is 1.85. The molecular weight excluding hydrogens is 318 g/mol. The largest absolute Gasteiger partial charge is 0.489 e. The second-order valence-electron chi connectivity index (χ2n) is 5.97. The van der Waals surface area contributed by atoms with Crippen LogP contribution in [0.2, 0.25) is 0 Å². The fourth-order valence-corrected chi connectivity index (χ4v) is 2.61. The highest BCUT2D eigenvalue weighted by atomic mass is 16.5. The lowest BCUT2D eigenvalue weighted by Crippen LogP contribution is -2.35. The molecule has 0 bridgehead atoms. The summed E-state index contributed by atoms with van der Waals surface area (Å²) < 4.78 is 16.7. The monoisotopic (exact) mass is 341 g/mol. The first-order valence-electron chi connectivity index (χ1n) is 8.57. The Bertz CT molecular complexity index is 651. The second-order valence-corrected chi connectivity index (χ2v) is 5.97. The first-order chi connectivity index (χ1) is 12.3. The van der Waals surface area contributed by atoms with E-state index in [0.717, 1.165) is 30.8 Å². The summed E-state index contributed by atoms with van der Waals surface area (Å²) >= 11 is 0. The van der Waals surface area contributed by atoms with Gasteiger partial charge in [0.25, 0.3) is 5.91 Å². The highest BCUT2D eigenvalue weighted by Crippen LogP contribution is 2.18. The summed E-state index contributed by atoms with van der Waals surface area (Å²) in [7, 11) is 0. The maximum absolute atomic E-state index is 11.8. The number of ether oxygens (including phenoxy) is 3. The van der Waals surface area contributed by atoms with E-state index in [1.807, 2.05) is 42.5 Å². The number of nitrogens with one attached hydrogen (secondary N) is 1. The Morgan fingerprint density at radius 3 is 2.44 bits per heavy atom. The minimum absolute atomic E-state index is 0.00304. The summed E-state index contributed by atoms with van der Waals surface area (Å²) in [5.41, 5.74) is 1.12. The van der Waals surface area contributed by atoms with Crippen molar-refractivity contribution in [3.63, 3.8) is 0 Å². The van der Waals surface area contributed by atoms with E-state index in [4.69, 9.17) is 14.2 Å². The molecule has 0 aromatic heterocycles. The van der Waals surface area contributed by atoms with Gasteiger partial charge >= 0.3 is 0 Å². The predicted molar refractivity (Wildman–Crippen MR) is 94.7 cm³/mol. The van der Waals surface area contributed by atoms with Gasteiger partial charge in [0.15, 0.2) is 6.61 Å². The molecule has 1 atom stereocenters. The summed E-state index contributed by atoms with van der Waals surface area (Å²) in [4.78, 5) is 11.8. The van der Waals surface area contributed by atoms with E-state index in [9.17, 15) is 4.79 Å². The minimum Gasteiger partial charge on any atom is -0.489 e. The lowest BCUT2D eigenvalue weighted by molar-refractivity contribution is -0.123. The third kappa shape index (κ3) is 5.80. The zero-order chi connectivity index (χ0) is 17.3. The summed E-state index contributed by atoms with van der Waals surface area (Å²) in [6, 6.07) is 17.3. The average molecular weight is 341 g/mol. The third-order valence-corrected chi connectivity index (χ3v) is 3.99. The van der Waals surface area contributed by atoms with E-state index in [-0.39, 0.29) is 18.6 Å². The molecule has 0 spiro atoms. The van der Waals surface area contributed by atoms with Crippen molar-refractivity contribution in [3.8, 4) is 11.5 Å². The van der Waals surface area contributed by atoms with Crippen molar-refractivity contribution in [2.45, 2.75) is 25.6 Å². The molecule has 0 aliphatic carbocycles. The molecule has 0 saturated carbocycles. The Labute approximate surface area is 147 Å². The fraction of sp³-hybridized carbons (Fsp3) is 0.350. The maximum atomic E-state index is 11.8. The lowest BCUT2D eigenvalue weighted by Gasteiger charge is -2.12. The van der Waals surface area contributed by atoms with Crippen LogP contribution in [0.4, 0.5) is 0 Å². The van der Waals surface area contributed by atoms with Gasteiger partial charge in [0.1, 0.15) is 18.1 Å². The van der Waals surface area contributed by atoms with E-state index in [2.05, 4.69) is 5.32 Å². The van der Waals surface area contributed by atoms with Gasteiger partial charge in [-0.05, 0) is 42.7 Å². The van der Waals surface area contributed by atoms with Crippen molar-refractivity contribution < 1.29 is 19.0 Å². The molecule has 2 aromatic rings. The van der Waals surface area contributed by atoms with Gasteiger partial charge in [-0.2, -0.15) is 0 Å². The third-order valence-electron chi connectivity index (χ3n) is 3.99. The quantitative estimate of drug-likeness (QED) is 0.802. The predicted octanol–water partition coefficient (Wildman–Crippen LogP) is 2.94.